The molecule has 0 aliphatic heterocycles. The van der Waals surface area contributed by atoms with Crippen molar-refractivity contribution in [2.75, 3.05) is 26.1 Å². The van der Waals surface area contributed by atoms with Crippen LogP contribution in [0.15, 0.2) is 72.8 Å². The number of anilines is 1. The molecule has 0 aromatic heterocycles. The normalized spacial score (nSPS) is 10.1. The second-order valence-electron chi connectivity index (χ2n) is 5.83. The van der Waals surface area contributed by atoms with Crippen molar-refractivity contribution in [3.8, 4) is 28.4 Å². The molecule has 0 aliphatic carbocycles. The highest BCUT2D eigenvalue weighted by Crippen LogP contribution is 2.27. The second-order valence-corrected chi connectivity index (χ2v) is 5.83. The number of benzene rings is 3. The van der Waals surface area contributed by atoms with Gasteiger partial charge in [0.1, 0.15) is 17.2 Å². The number of hydrogen-bond acceptors (Lipinski definition) is 4. The van der Waals surface area contributed by atoms with Crippen LogP contribution in [0.5, 0.6) is 17.2 Å². The highest BCUT2D eigenvalue weighted by Gasteiger charge is 2.07. The molecule has 3 aromatic carbocycles. The SMILES string of the molecule is COc1cc(OC)cc(OCC(=O)Nc2ccc(-c3ccccc3)cc2)c1. The Labute approximate surface area is 158 Å². The van der Waals surface area contributed by atoms with E-state index in [1.807, 2.05) is 54.6 Å². The van der Waals surface area contributed by atoms with Crippen LogP contribution in [0.1, 0.15) is 0 Å². The Morgan fingerprint density at radius 1 is 0.778 bits per heavy atom. The summed E-state index contributed by atoms with van der Waals surface area (Å²) in [6, 6.07) is 22.9. The number of amides is 1. The number of rotatable bonds is 7. The van der Waals surface area contributed by atoms with E-state index >= 15 is 0 Å². The van der Waals surface area contributed by atoms with Crippen LogP contribution in [0.4, 0.5) is 5.69 Å². The number of methoxy groups -OCH3 is 2. The van der Waals surface area contributed by atoms with Gasteiger partial charge < -0.3 is 19.5 Å². The number of ether oxygens (including phenoxy) is 3. The molecular weight excluding hydrogens is 342 g/mol. The van der Waals surface area contributed by atoms with Gasteiger partial charge in [-0.25, -0.2) is 0 Å². The molecule has 0 heterocycles. The van der Waals surface area contributed by atoms with Gasteiger partial charge >= 0.3 is 0 Å². The maximum Gasteiger partial charge on any atom is 0.262 e. The van der Waals surface area contributed by atoms with Gasteiger partial charge in [-0.1, -0.05) is 42.5 Å². The van der Waals surface area contributed by atoms with Gasteiger partial charge in [0.25, 0.3) is 5.91 Å². The summed E-state index contributed by atoms with van der Waals surface area (Å²) in [6.45, 7) is -0.114. The minimum absolute atomic E-state index is 0.114. The maximum atomic E-state index is 12.2. The molecule has 0 aliphatic rings. The predicted molar refractivity (Wildman–Crippen MR) is 106 cm³/mol. The highest BCUT2D eigenvalue weighted by atomic mass is 16.5. The fraction of sp³-hybridized carbons (Fsp3) is 0.136. The molecule has 5 heteroatoms. The van der Waals surface area contributed by atoms with Crippen LogP contribution in [-0.4, -0.2) is 26.7 Å². The van der Waals surface area contributed by atoms with E-state index in [1.54, 1.807) is 32.4 Å². The molecule has 138 valence electrons. The van der Waals surface area contributed by atoms with Crippen LogP contribution in [0.3, 0.4) is 0 Å². The lowest BCUT2D eigenvalue weighted by Crippen LogP contribution is -2.20. The number of carbonyl (C=O) groups is 1. The van der Waals surface area contributed by atoms with Gasteiger partial charge in [0.2, 0.25) is 0 Å². The van der Waals surface area contributed by atoms with Crippen LogP contribution in [0, 0.1) is 0 Å². The Morgan fingerprint density at radius 2 is 1.33 bits per heavy atom. The Balaban J connectivity index is 1.58. The van der Waals surface area contributed by atoms with E-state index in [1.165, 1.54) is 0 Å². The van der Waals surface area contributed by atoms with Crippen LogP contribution >= 0.6 is 0 Å². The minimum atomic E-state index is -0.246. The first kappa shape index (κ1) is 18.3. The van der Waals surface area contributed by atoms with Crippen molar-refractivity contribution in [1.82, 2.24) is 0 Å². The van der Waals surface area contributed by atoms with Gasteiger partial charge in [-0.2, -0.15) is 0 Å². The van der Waals surface area contributed by atoms with Crippen molar-refractivity contribution in [1.29, 1.82) is 0 Å². The summed E-state index contributed by atoms with van der Waals surface area (Å²) >= 11 is 0. The van der Waals surface area contributed by atoms with Gasteiger partial charge in [0.05, 0.1) is 14.2 Å². The van der Waals surface area contributed by atoms with Gasteiger partial charge in [-0.3, -0.25) is 4.79 Å². The summed E-state index contributed by atoms with van der Waals surface area (Å²) in [5.74, 6) is 1.45. The smallest absolute Gasteiger partial charge is 0.262 e. The zero-order chi connectivity index (χ0) is 19.1. The Hall–Kier alpha value is -3.47. The number of carbonyl (C=O) groups excluding carboxylic acids is 1. The third-order valence-corrected chi connectivity index (χ3v) is 3.97. The molecule has 0 radical (unpaired) electrons. The molecule has 0 saturated heterocycles. The number of nitrogens with one attached hydrogen (secondary N) is 1. The largest absolute Gasteiger partial charge is 0.496 e. The molecule has 3 rings (SSSR count). The summed E-state index contributed by atoms with van der Waals surface area (Å²) < 4.78 is 15.9. The molecule has 5 nitrogen and oxygen atoms in total. The molecule has 0 atom stereocenters. The fourth-order valence-electron chi connectivity index (χ4n) is 2.59. The van der Waals surface area contributed by atoms with Crippen LogP contribution in [0.2, 0.25) is 0 Å². The van der Waals surface area contributed by atoms with E-state index in [0.717, 1.165) is 11.1 Å². The van der Waals surface area contributed by atoms with Crippen LogP contribution in [-0.2, 0) is 4.79 Å². The molecule has 0 spiro atoms. The fourth-order valence-corrected chi connectivity index (χ4v) is 2.59. The Bertz CT molecular complexity index is 870. The van der Waals surface area contributed by atoms with Gasteiger partial charge in [-0.15, -0.1) is 0 Å². The minimum Gasteiger partial charge on any atom is -0.496 e. The van der Waals surface area contributed by atoms with Gasteiger partial charge in [0, 0.05) is 23.9 Å². The lowest BCUT2D eigenvalue weighted by atomic mass is 10.1. The Kier molecular flexibility index (Phi) is 5.94. The van der Waals surface area contributed by atoms with E-state index in [-0.39, 0.29) is 12.5 Å². The van der Waals surface area contributed by atoms with E-state index in [0.29, 0.717) is 22.9 Å². The molecule has 0 saturated carbocycles. The maximum absolute atomic E-state index is 12.2. The topological polar surface area (TPSA) is 56.8 Å². The second kappa shape index (κ2) is 8.76. The van der Waals surface area contributed by atoms with E-state index in [2.05, 4.69) is 5.32 Å². The third kappa shape index (κ3) is 5.01. The Morgan fingerprint density at radius 3 is 1.93 bits per heavy atom. The van der Waals surface area contributed by atoms with Gasteiger partial charge in [0.15, 0.2) is 6.61 Å². The van der Waals surface area contributed by atoms with Crippen molar-refractivity contribution in [2.24, 2.45) is 0 Å². The van der Waals surface area contributed by atoms with Crippen LogP contribution in [0.25, 0.3) is 11.1 Å². The van der Waals surface area contributed by atoms with E-state index in [9.17, 15) is 4.79 Å². The number of hydrogen-bond donors (Lipinski definition) is 1. The van der Waals surface area contributed by atoms with Crippen molar-refractivity contribution >= 4 is 11.6 Å². The summed E-state index contributed by atoms with van der Waals surface area (Å²) in [5.41, 5.74) is 2.94. The van der Waals surface area contributed by atoms with E-state index < -0.39 is 0 Å². The zero-order valence-corrected chi connectivity index (χ0v) is 15.3. The summed E-state index contributed by atoms with van der Waals surface area (Å²) in [5, 5.41) is 2.82. The van der Waals surface area contributed by atoms with E-state index in [4.69, 9.17) is 14.2 Å². The first-order valence-electron chi connectivity index (χ1n) is 8.49. The van der Waals surface area contributed by atoms with Crippen molar-refractivity contribution in [2.45, 2.75) is 0 Å². The first-order chi connectivity index (χ1) is 13.2. The average molecular weight is 363 g/mol. The average Bonchev–Trinajstić information content (AvgIpc) is 2.73. The monoisotopic (exact) mass is 363 g/mol. The lowest BCUT2D eigenvalue weighted by molar-refractivity contribution is -0.118. The van der Waals surface area contributed by atoms with Crippen molar-refractivity contribution in [3.63, 3.8) is 0 Å². The van der Waals surface area contributed by atoms with Crippen molar-refractivity contribution in [3.05, 3.63) is 72.8 Å². The van der Waals surface area contributed by atoms with Crippen LogP contribution < -0.4 is 19.5 Å². The molecule has 1 amide bonds. The van der Waals surface area contributed by atoms with Gasteiger partial charge in [-0.05, 0) is 23.3 Å². The molecular formula is C22H21NO4. The predicted octanol–water partition coefficient (Wildman–Crippen LogP) is 4.39. The molecule has 27 heavy (non-hydrogen) atoms. The molecule has 3 aromatic rings. The zero-order valence-electron chi connectivity index (χ0n) is 15.3. The molecule has 1 N–H and O–H groups in total. The third-order valence-electron chi connectivity index (χ3n) is 3.97. The molecule has 0 unspecified atom stereocenters. The lowest BCUT2D eigenvalue weighted by Gasteiger charge is -2.11. The molecule has 0 bridgehead atoms. The highest BCUT2D eigenvalue weighted by molar-refractivity contribution is 5.92. The summed E-state index contributed by atoms with van der Waals surface area (Å²) in [6.07, 6.45) is 0. The van der Waals surface area contributed by atoms with Crippen molar-refractivity contribution < 1.29 is 19.0 Å². The summed E-state index contributed by atoms with van der Waals surface area (Å²) in [4.78, 5) is 12.2. The summed E-state index contributed by atoms with van der Waals surface area (Å²) in [7, 11) is 3.12. The first-order valence-corrected chi connectivity index (χ1v) is 8.49. The molecule has 0 fully saturated rings. The standard InChI is InChI=1S/C22H21NO4/c1-25-19-12-20(26-2)14-21(13-19)27-15-22(24)23-18-10-8-17(9-11-18)16-6-4-3-5-7-16/h3-14H,15H2,1-2H3,(H,23,24). The quantitative estimate of drug-likeness (QED) is 0.676.